The molecule has 1 aromatic rings. The first-order valence-electron chi connectivity index (χ1n) is 5.84. The third-order valence-electron chi connectivity index (χ3n) is 2.76. The normalized spacial score (nSPS) is 19.9. The number of amides is 2. The van der Waals surface area contributed by atoms with Crippen molar-refractivity contribution in [3.63, 3.8) is 0 Å². The van der Waals surface area contributed by atoms with E-state index < -0.39 is 0 Å². The fraction of sp³-hybridized carbons (Fsp3) is 0.462. The Bertz CT molecular complexity index is 402. The van der Waals surface area contributed by atoms with Crippen LogP contribution in [0.4, 0.5) is 4.79 Å². The van der Waals surface area contributed by atoms with Gasteiger partial charge in [-0.3, -0.25) is 0 Å². The molecule has 0 bridgehead atoms. The van der Waals surface area contributed by atoms with Crippen molar-refractivity contribution >= 4 is 17.8 Å². The lowest BCUT2D eigenvalue weighted by Gasteiger charge is -2.11. The average Bonchev–Trinajstić information content (AvgIpc) is 2.59. The van der Waals surface area contributed by atoms with Crippen LogP contribution in [0, 0.1) is 0 Å². The van der Waals surface area contributed by atoms with Gasteiger partial charge in [-0.25, -0.2) is 4.79 Å². The summed E-state index contributed by atoms with van der Waals surface area (Å²) >= 11 is 1.85. The number of hydrogen-bond acceptors (Lipinski definition) is 2. The van der Waals surface area contributed by atoms with Gasteiger partial charge in [0.15, 0.2) is 0 Å². The van der Waals surface area contributed by atoms with Crippen molar-refractivity contribution < 1.29 is 4.79 Å². The van der Waals surface area contributed by atoms with Gasteiger partial charge in [-0.05, 0) is 17.7 Å². The fourth-order valence-corrected chi connectivity index (χ4v) is 2.74. The summed E-state index contributed by atoms with van der Waals surface area (Å²) in [5, 5.41) is 3.56. The highest BCUT2D eigenvalue weighted by atomic mass is 32.2. The van der Waals surface area contributed by atoms with Crippen LogP contribution in [-0.2, 0) is 0 Å². The number of nitrogens with zero attached hydrogens (tertiary/aromatic N) is 1. The molecule has 4 heteroatoms. The van der Waals surface area contributed by atoms with Crippen molar-refractivity contribution in [3.8, 4) is 0 Å². The minimum Gasteiger partial charge on any atom is -0.329 e. The summed E-state index contributed by atoms with van der Waals surface area (Å²) in [7, 11) is 1.82. The molecule has 2 amide bonds. The predicted octanol–water partition coefficient (Wildman–Crippen LogP) is 2.88. The molecule has 1 heterocycles. The quantitative estimate of drug-likeness (QED) is 0.837. The van der Waals surface area contributed by atoms with E-state index in [1.54, 1.807) is 4.90 Å². The second kappa shape index (κ2) is 5.00. The van der Waals surface area contributed by atoms with Crippen LogP contribution in [0.1, 0.15) is 25.5 Å². The van der Waals surface area contributed by atoms with E-state index in [1.165, 1.54) is 10.5 Å². The maximum atomic E-state index is 11.4. The Balaban J connectivity index is 2.06. The van der Waals surface area contributed by atoms with Gasteiger partial charge in [0.25, 0.3) is 0 Å². The Hall–Kier alpha value is -1.16. The van der Waals surface area contributed by atoms with Crippen molar-refractivity contribution in [2.75, 3.05) is 13.6 Å². The second-order valence-corrected chi connectivity index (χ2v) is 6.27. The lowest BCUT2D eigenvalue weighted by atomic mass is 10.1. The largest absolute Gasteiger partial charge is 0.329 e. The first-order valence-corrected chi connectivity index (χ1v) is 6.72. The SMILES string of the molecule is CC(C)Sc1ccc(C2CN(C)C(=O)N2)cc1. The van der Waals surface area contributed by atoms with Crippen molar-refractivity contribution in [2.45, 2.75) is 30.0 Å². The van der Waals surface area contributed by atoms with Gasteiger partial charge >= 0.3 is 6.03 Å². The Morgan fingerprint density at radius 1 is 1.35 bits per heavy atom. The molecular formula is C13H18N2OS. The minimum atomic E-state index is 0.00984. The van der Waals surface area contributed by atoms with Crippen LogP contribution in [0.25, 0.3) is 0 Å². The molecule has 1 aliphatic rings. The maximum Gasteiger partial charge on any atom is 0.317 e. The second-order valence-electron chi connectivity index (χ2n) is 4.62. The summed E-state index contributed by atoms with van der Waals surface area (Å²) < 4.78 is 0. The zero-order chi connectivity index (χ0) is 12.4. The molecule has 0 aromatic heterocycles. The van der Waals surface area contributed by atoms with Crippen LogP contribution in [0.15, 0.2) is 29.2 Å². The molecule has 3 nitrogen and oxygen atoms in total. The molecule has 0 saturated carbocycles. The predicted molar refractivity (Wildman–Crippen MR) is 71.3 cm³/mol. The summed E-state index contributed by atoms with van der Waals surface area (Å²) in [4.78, 5) is 14.4. The summed E-state index contributed by atoms with van der Waals surface area (Å²) in [6.07, 6.45) is 0. The molecule has 1 aromatic carbocycles. The van der Waals surface area contributed by atoms with Gasteiger partial charge in [0.2, 0.25) is 0 Å². The molecule has 1 atom stereocenters. The van der Waals surface area contributed by atoms with Crippen LogP contribution in [0.2, 0.25) is 0 Å². The van der Waals surface area contributed by atoms with Gasteiger partial charge < -0.3 is 10.2 Å². The number of carbonyl (C=O) groups excluding carboxylic acids is 1. The monoisotopic (exact) mass is 250 g/mol. The van der Waals surface area contributed by atoms with Gasteiger partial charge in [0.1, 0.15) is 0 Å². The highest BCUT2D eigenvalue weighted by Crippen LogP contribution is 2.26. The summed E-state index contributed by atoms with van der Waals surface area (Å²) in [5.74, 6) is 0. The Labute approximate surface area is 107 Å². The molecular weight excluding hydrogens is 232 g/mol. The Morgan fingerprint density at radius 2 is 2.00 bits per heavy atom. The summed E-state index contributed by atoms with van der Waals surface area (Å²) in [6.45, 7) is 5.12. The number of benzene rings is 1. The Kier molecular flexibility index (Phi) is 3.62. The lowest BCUT2D eigenvalue weighted by Crippen LogP contribution is -2.23. The van der Waals surface area contributed by atoms with Gasteiger partial charge in [-0.15, -0.1) is 11.8 Å². The van der Waals surface area contributed by atoms with Crippen LogP contribution in [0.3, 0.4) is 0 Å². The maximum absolute atomic E-state index is 11.4. The number of thioether (sulfide) groups is 1. The minimum absolute atomic E-state index is 0.00984. The van der Waals surface area contributed by atoms with Crippen molar-refractivity contribution in [3.05, 3.63) is 29.8 Å². The first kappa shape index (κ1) is 12.3. The molecule has 92 valence electrons. The van der Waals surface area contributed by atoms with Gasteiger partial charge in [-0.1, -0.05) is 26.0 Å². The molecule has 1 saturated heterocycles. The lowest BCUT2D eigenvalue weighted by molar-refractivity contribution is 0.226. The van der Waals surface area contributed by atoms with Crippen LogP contribution >= 0.6 is 11.8 Å². The summed E-state index contributed by atoms with van der Waals surface area (Å²) in [5.41, 5.74) is 1.18. The molecule has 2 rings (SSSR count). The fourth-order valence-electron chi connectivity index (χ4n) is 1.90. The third kappa shape index (κ3) is 2.94. The zero-order valence-electron chi connectivity index (χ0n) is 10.4. The smallest absolute Gasteiger partial charge is 0.317 e. The highest BCUT2D eigenvalue weighted by Gasteiger charge is 2.26. The third-order valence-corrected chi connectivity index (χ3v) is 3.77. The molecule has 1 unspecified atom stereocenters. The molecule has 0 aliphatic carbocycles. The molecule has 0 radical (unpaired) electrons. The van der Waals surface area contributed by atoms with Crippen LogP contribution < -0.4 is 5.32 Å². The molecule has 17 heavy (non-hydrogen) atoms. The van der Waals surface area contributed by atoms with Gasteiger partial charge in [0.05, 0.1) is 6.04 Å². The van der Waals surface area contributed by atoms with E-state index in [0.29, 0.717) is 5.25 Å². The van der Waals surface area contributed by atoms with Crippen molar-refractivity contribution in [2.24, 2.45) is 0 Å². The van der Waals surface area contributed by atoms with E-state index in [2.05, 4.69) is 43.4 Å². The zero-order valence-corrected chi connectivity index (χ0v) is 11.3. The van der Waals surface area contributed by atoms with E-state index in [4.69, 9.17) is 0 Å². The van der Waals surface area contributed by atoms with E-state index in [9.17, 15) is 4.79 Å². The van der Waals surface area contributed by atoms with E-state index in [0.717, 1.165) is 6.54 Å². The molecule has 1 fully saturated rings. The van der Waals surface area contributed by atoms with E-state index in [-0.39, 0.29) is 12.1 Å². The Morgan fingerprint density at radius 3 is 2.47 bits per heavy atom. The first-order chi connectivity index (χ1) is 8.06. The number of nitrogens with one attached hydrogen (secondary N) is 1. The number of urea groups is 1. The van der Waals surface area contributed by atoms with Crippen LogP contribution in [0.5, 0.6) is 0 Å². The average molecular weight is 250 g/mol. The standard InChI is InChI=1S/C13H18N2OS/c1-9(2)17-11-6-4-10(5-7-11)12-8-15(3)13(16)14-12/h4-7,9,12H,8H2,1-3H3,(H,14,16). The van der Waals surface area contributed by atoms with Crippen molar-refractivity contribution in [1.29, 1.82) is 0 Å². The topological polar surface area (TPSA) is 32.3 Å². The number of rotatable bonds is 3. The molecule has 0 spiro atoms. The van der Waals surface area contributed by atoms with Gasteiger partial charge in [-0.2, -0.15) is 0 Å². The highest BCUT2D eigenvalue weighted by molar-refractivity contribution is 7.99. The molecule has 1 N–H and O–H groups in total. The van der Waals surface area contributed by atoms with Crippen LogP contribution in [-0.4, -0.2) is 29.8 Å². The van der Waals surface area contributed by atoms with Gasteiger partial charge in [0, 0.05) is 23.7 Å². The number of carbonyl (C=O) groups is 1. The molecule has 1 aliphatic heterocycles. The van der Waals surface area contributed by atoms with E-state index in [1.807, 2.05) is 18.8 Å². The van der Waals surface area contributed by atoms with E-state index >= 15 is 0 Å². The summed E-state index contributed by atoms with van der Waals surface area (Å²) in [6, 6.07) is 8.61. The number of hydrogen-bond donors (Lipinski definition) is 1. The number of likely N-dealkylation sites (N-methyl/N-ethyl adjacent to an activating group) is 1. The van der Waals surface area contributed by atoms with Crippen molar-refractivity contribution in [1.82, 2.24) is 10.2 Å².